The highest BCUT2D eigenvalue weighted by Gasteiger charge is 2.29. The van der Waals surface area contributed by atoms with E-state index in [9.17, 15) is 4.79 Å². The van der Waals surface area contributed by atoms with Crippen molar-refractivity contribution < 1.29 is 14.3 Å². The molecule has 0 spiro atoms. The predicted octanol–water partition coefficient (Wildman–Crippen LogP) is 5.08. The van der Waals surface area contributed by atoms with Crippen molar-refractivity contribution >= 4 is 17.5 Å². The Balaban J connectivity index is 1.07. The number of anilines is 2. The first-order chi connectivity index (χ1) is 22.0. The lowest BCUT2D eigenvalue weighted by Gasteiger charge is -2.38. The van der Waals surface area contributed by atoms with Crippen molar-refractivity contribution in [2.45, 2.75) is 57.5 Å². The Labute approximate surface area is 264 Å². The van der Waals surface area contributed by atoms with Crippen molar-refractivity contribution in [1.82, 2.24) is 30.0 Å². The van der Waals surface area contributed by atoms with E-state index in [2.05, 4.69) is 51.7 Å². The van der Waals surface area contributed by atoms with Gasteiger partial charge in [0.1, 0.15) is 5.75 Å². The third-order valence-corrected chi connectivity index (χ3v) is 9.56. The first-order valence-electron chi connectivity index (χ1n) is 16.0. The van der Waals surface area contributed by atoms with Gasteiger partial charge in [-0.15, -0.1) is 0 Å². The first kappa shape index (κ1) is 29.4. The fraction of sp³-hybridized carbons (Fsp3) is 0.429. The lowest BCUT2D eigenvalue weighted by atomic mass is 9.89. The molecular weight excluding hydrogens is 566 g/mol. The summed E-state index contributed by atoms with van der Waals surface area (Å²) in [4.78, 5) is 25.4. The number of amides is 1. The number of nitrogens with zero attached hydrogens (tertiary/aromatic N) is 5. The zero-order chi connectivity index (χ0) is 30.9. The number of ether oxygens (including phenoxy) is 2. The lowest BCUT2D eigenvalue weighted by molar-refractivity contribution is 0.00664. The van der Waals surface area contributed by atoms with Crippen LogP contribution in [0, 0.1) is 6.92 Å². The van der Waals surface area contributed by atoms with E-state index in [1.807, 2.05) is 30.1 Å². The molecule has 2 N–H and O–H groups in total. The van der Waals surface area contributed by atoms with Crippen molar-refractivity contribution in [2.24, 2.45) is 7.05 Å². The van der Waals surface area contributed by atoms with Crippen molar-refractivity contribution in [3.63, 3.8) is 0 Å². The van der Waals surface area contributed by atoms with Gasteiger partial charge in [-0.05, 0) is 74.8 Å². The molecular formula is C35H41N7O3. The number of fused-ring (bicyclic) bond motifs is 3. The number of rotatable bonds is 7. The van der Waals surface area contributed by atoms with Gasteiger partial charge in [-0.3, -0.25) is 14.4 Å². The Bertz CT molecular complexity index is 1700. The van der Waals surface area contributed by atoms with Crippen LogP contribution in [0.4, 0.5) is 11.6 Å². The molecule has 234 valence electrons. The molecule has 2 aliphatic carbocycles. The molecule has 1 amide bonds. The number of hydrogen-bond donors (Lipinski definition) is 2. The van der Waals surface area contributed by atoms with Crippen LogP contribution in [0.25, 0.3) is 22.5 Å². The van der Waals surface area contributed by atoms with E-state index < -0.39 is 0 Å². The zero-order valence-electron chi connectivity index (χ0n) is 26.3. The van der Waals surface area contributed by atoms with Crippen molar-refractivity contribution in [2.75, 3.05) is 38.7 Å². The normalized spacial score (nSPS) is 19.8. The number of hydrogen-bond acceptors (Lipinski definition) is 8. The number of benzene rings is 2. The SMILES string of the molecule is COc1cc(C(=O)NC2CCC(N3CCOCC3)CC2)ccc1Nc1ncc2c(n1)-c1c(nn(C)c1-c1ccccc1C)CC2. The van der Waals surface area contributed by atoms with E-state index in [-0.39, 0.29) is 11.9 Å². The number of methoxy groups -OCH3 is 1. The fourth-order valence-electron chi connectivity index (χ4n) is 7.12. The summed E-state index contributed by atoms with van der Waals surface area (Å²) < 4.78 is 13.2. The Kier molecular flexibility index (Phi) is 8.25. The minimum Gasteiger partial charge on any atom is -0.495 e. The van der Waals surface area contributed by atoms with E-state index in [0.29, 0.717) is 29.0 Å². The Hall–Kier alpha value is -4.28. The molecule has 0 radical (unpaired) electrons. The molecule has 2 aromatic carbocycles. The molecule has 1 saturated carbocycles. The number of aromatic nitrogens is 4. The Morgan fingerprint density at radius 1 is 1.04 bits per heavy atom. The summed E-state index contributed by atoms with van der Waals surface area (Å²) in [6, 6.07) is 14.6. The second-order valence-electron chi connectivity index (χ2n) is 12.3. The molecule has 2 fully saturated rings. The highest BCUT2D eigenvalue weighted by molar-refractivity contribution is 5.95. The van der Waals surface area contributed by atoms with E-state index in [1.54, 1.807) is 13.2 Å². The number of aryl methyl sites for hydroxylation is 4. The van der Waals surface area contributed by atoms with E-state index >= 15 is 0 Å². The molecule has 45 heavy (non-hydrogen) atoms. The summed E-state index contributed by atoms with van der Waals surface area (Å²) in [5, 5.41) is 11.5. The largest absolute Gasteiger partial charge is 0.495 e. The molecule has 0 unspecified atom stereocenters. The van der Waals surface area contributed by atoms with Crippen LogP contribution in [0.3, 0.4) is 0 Å². The number of nitrogens with one attached hydrogen (secondary N) is 2. The highest BCUT2D eigenvalue weighted by atomic mass is 16.5. The number of morpholine rings is 1. The summed E-state index contributed by atoms with van der Waals surface area (Å²) in [6.07, 6.45) is 7.79. The van der Waals surface area contributed by atoms with Gasteiger partial charge < -0.3 is 20.1 Å². The maximum atomic E-state index is 13.2. The van der Waals surface area contributed by atoms with Crippen molar-refractivity contribution in [3.8, 4) is 28.3 Å². The summed E-state index contributed by atoms with van der Waals surface area (Å²) in [5.41, 5.74) is 8.80. The molecule has 0 atom stereocenters. The molecule has 4 aromatic rings. The Morgan fingerprint density at radius 2 is 1.84 bits per heavy atom. The van der Waals surface area contributed by atoms with Crippen LogP contribution in [0.1, 0.15) is 52.9 Å². The summed E-state index contributed by atoms with van der Waals surface area (Å²) in [6.45, 7) is 5.79. The number of carbonyl (C=O) groups excluding carboxylic acids is 1. The molecule has 0 bridgehead atoms. The first-order valence-corrected chi connectivity index (χ1v) is 16.0. The molecule has 1 aliphatic heterocycles. The standard InChI is InChI=1S/C35H41N7O3/c1-22-6-4-5-7-27(22)33-31-29(40-41(33)2)15-9-24-21-36-35(39-32(24)31)38-28-14-8-23(20-30(28)44-3)34(43)37-25-10-12-26(13-11-25)42-16-18-45-19-17-42/h4-8,14,20-21,25-26H,9-13,15-19H2,1-3H3,(H,37,43)(H,36,38,39). The van der Waals surface area contributed by atoms with Crippen molar-refractivity contribution in [1.29, 1.82) is 0 Å². The minimum absolute atomic E-state index is 0.0763. The van der Waals surface area contributed by atoms with Crippen LogP contribution in [0.15, 0.2) is 48.7 Å². The molecule has 1 saturated heterocycles. The maximum absolute atomic E-state index is 13.2. The quantitative estimate of drug-likeness (QED) is 0.300. The molecule has 2 aromatic heterocycles. The molecule has 3 aliphatic rings. The van der Waals surface area contributed by atoms with Gasteiger partial charge >= 0.3 is 0 Å². The van der Waals surface area contributed by atoms with Gasteiger partial charge in [0.15, 0.2) is 0 Å². The van der Waals surface area contributed by atoms with E-state index in [4.69, 9.17) is 19.6 Å². The van der Waals surface area contributed by atoms with Gasteiger partial charge in [0.25, 0.3) is 5.91 Å². The molecule has 10 heteroatoms. The summed E-state index contributed by atoms with van der Waals surface area (Å²) in [7, 11) is 3.61. The summed E-state index contributed by atoms with van der Waals surface area (Å²) in [5.74, 6) is 0.948. The van der Waals surface area contributed by atoms with Gasteiger partial charge in [0, 0.05) is 55.1 Å². The zero-order valence-corrected chi connectivity index (χ0v) is 26.3. The maximum Gasteiger partial charge on any atom is 0.251 e. The number of carbonyl (C=O) groups is 1. The van der Waals surface area contributed by atoms with E-state index in [0.717, 1.165) is 98.6 Å². The van der Waals surface area contributed by atoms with Gasteiger partial charge in [-0.1, -0.05) is 24.3 Å². The van der Waals surface area contributed by atoms with E-state index in [1.165, 1.54) is 5.56 Å². The van der Waals surface area contributed by atoms with Gasteiger partial charge in [0.2, 0.25) is 5.95 Å². The molecule has 10 nitrogen and oxygen atoms in total. The topological polar surface area (TPSA) is 106 Å². The van der Waals surface area contributed by atoms with Gasteiger partial charge in [-0.25, -0.2) is 9.97 Å². The van der Waals surface area contributed by atoms with Crippen LogP contribution < -0.4 is 15.4 Å². The highest BCUT2D eigenvalue weighted by Crippen LogP contribution is 2.41. The van der Waals surface area contributed by atoms with Crippen LogP contribution in [0.2, 0.25) is 0 Å². The third-order valence-electron chi connectivity index (χ3n) is 9.56. The van der Waals surface area contributed by atoms with Gasteiger partial charge in [-0.2, -0.15) is 5.10 Å². The monoisotopic (exact) mass is 607 g/mol. The summed E-state index contributed by atoms with van der Waals surface area (Å²) >= 11 is 0. The third kappa shape index (κ3) is 5.92. The van der Waals surface area contributed by atoms with Crippen LogP contribution in [-0.2, 0) is 24.6 Å². The van der Waals surface area contributed by atoms with Crippen LogP contribution >= 0.6 is 0 Å². The smallest absolute Gasteiger partial charge is 0.251 e. The fourth-order valence-corrected chi connectivity index (χ4v) is 7.12. The lowest BCUT2D eigenvalue weighted by Crippen LogP contribution is -2.47. The average Bonchev–Trinajstić information content (AvgIpc) is 3.42. The predicted molar refractivity (Wildman–Crippen MR) is 174 cm³/mol. The second-order valence-corrected chi connectivity index (χ2v) is 12.3. The Morgan fingerprint density at radius 3 is 2.62 bits per heavy atom. The molecule has 3 heterocycles. The van der Waals surface area contributed by atoms with Crippen LogP contribution in [-0.4, -0.2) is 76.1 Å². The average molecular weight is 608 g/mol. The second kappa shape index (κ2) is 12.6. The molecule has 7 rings (SSSR count). The van der Waals surface area contributed by atoms with Crippen molar-refractivity contribution in [3.05, 3.63) is 71.0 Å². The minimum atomic E-state index is -0.0763. The van der Waals surface area contributed by atoms with Crippen LogP contribution in [0.5, 0.6) is 5.75 Å². The van der Waals surface area contributed by atoms with Gasteiger partial charge in [0.05, 0.1) is 43.1 Å².